The van der Waals surface area contributed by atoms with Crippen LogP contribution in [0.25, 0.3) is 11.1 Å². The molecule has 1 aliphatic rings. The number of hydrogen-bond acceptors (Lipinski definition) is 3. The predicted octanol–water partition coefficient (Wildman–Crippen LogP) is 3.91. The van der Waals surface area contributed by atoms with Crippen LogP contribution in [0, 0.1) is 0 Å². The fourth-order valence-electron chi connectivity index (χ4n) is 2.82. The first-order valence-corrected chi connectivity index (χ1v) is 6.55. The topological polar surface area (TPSA) is 29.3 Å². The van der Waals surface area contributed by atoms with E-state index in [1.165, 1.54) is 11.3 Å². The van der Waals surface area contributed by atoms with Gasteiger partial charge in [-0.05, 0) is 37.1 Å². The van der Waals surface area contributed by atoms with Crippen molar-refractivity contribution in [1.29, 1.82) is 0 Å². The highest BCUT2D eigenvalue weighted by atomic mass is 16.4. The highest BCUT2D eigenvalue weighted by Crippen LogP contribution is 2.38. The third-order valence-electron chi connectivity index (χ3n) is 3.70. The van der Waals surface area contributed by atoms with E-state index >= 15 is 0 Å². The minimum Gasteiger partial charge on any atom is -0.423 e. The van der Waals surface area contributed by atoms with Gasteiger partial charge in [-0.25, -0.2) is 0 Å². The third-order valence-corrected chi connectivity index (χ3v) is 3.70. The predicted molar refractivity (Wildman–Crippen MR) is 75.8 cm³/mol. The highest BCUT2D eigenvalue weighted by molar-refractivity contribution is 5.77. The third kappa shape index (κ3) is 1.55. The number of nitrogens with zero attached hydrogens (tertiary/aromatic N) is 2. The van der Waals surface area contributed by atoms with Gasteiger partial charge in [-0.15, -0.1) is 0 Å². The Hall–Kier alpha value is -2.29. The van der Waals surface area contributed by atoms with Gasteiger partial charge in [0.05, 0.1) is 0 Å². The van der Waals surface area contributed by atoms with Crippen LogP contribution in [-0.2, 0) is 6.42 Å². The van der Waals surface area contributed by atoms with Gasteiger partial charge in [-0.2, -0.15) is 4.98 Å². The Bertz CT molecular complexity index is 714. The van der Waals surface area contributed by atoms with Gasteiger partial charge in [0.2, 0.25) is 0 Å². The zero-order valence-corrected chi connectivity index (χ0v) is 10.7. The normalized spacial score (nSPS) is 17.9. The maximum atomic E-state index is 5.89. The van der Waals surface area contributed by atoms with Crippen LogP contribution in [-0.4, -0.2) is 11.0 Å². The van der Waals surface area contributed by atoms with Crippen LogP contribution in [0.3, 0.4) is 0 Å². The van der Waals surface area contributed by atoms with Gasteiger partial charge in [0.15, 0.2) is 5.58 Å². The molecule has 94 valence electrons. The van der Waals surface area contributed by atoms with Crippen molar-refractivity contribution >= 4 is 22.8 Å². The monoisotopic (exact) mass is 250 g/mol. The number of hydrogen-bond donors (Lipinski definition) is 0. The van der Waals surface area contributed by atoms with E-state index in [2.05, 4.69) is 41.1 Å². The summed E-state index contributed by atoms with van der Waals surface area (Å²) in [4.78, 5) is 6.79. The molecule has 19 heavy (non-hydrogen) atoms. The number of oxazole rings is 1. The quantitative estimate of drug-likeness (QED) is 0.655. The molecule has 0 N–H and O–H groups in total. The Kier molecular flexibility index (Phi) is 2.15. The Morgan fingerprint density at radius 3 is 2.79 bits per heavy atom. The van der Waals surface area contributed by atoms with Crippen molar-refractivity contribution in [2.24, 2.45) is 0 Å². The van der Waals surface area contributed by atoms with Crippen molar-refractivity contribution in [3.05, 3.63) is 54.1 Å². The van der Waals surface area contributed by atoms with Crippen LogP contribution in [0.15, 0.2) is 52.9 Å². The second-order valence-electron chi connectivity index (χ2n) is 5.02. The molecule has 1 aliphatic heterocycles. The van der Waals surface area contributed by atoms with Crippen LogP contribution in [0.2, 0.25) is 0 Å². The lowest BCUT2D eigenvalue weighted by atomic mass is 10.1. The number of fused-ring (bicyclic) bond motifs is 2. The van der Waals surface area contributed by atoms with Gasteiger partial charge in [-0.1, -0.05) is 30.3 Å². The number of benzene rings is 2. The Morgan fingerprint density at radius 1 is 1.11 bits per heavy atom. The molecule has 3 heteroatoms. The van der Waals surface area contributed by atoms with Gasteiger partial charge in [0, 0.05) is 11.7 Å². The second kappa shape index (κ2) is 3.85. The molecule has 1 atom stereocenters. The average Bonchev–Trinajstić information content (AvgIpc) is 2.97. The van der Waals surface area contributed by atoms with E-state index in [1.807, 2.05) is 24.3 Å². The fraction of sp³-hybridized carbons (Fsp3) is 0.188. The Morgan fingerprint density at radius 2 is 1.89 bits per heavy atom. The molecular formula is C16H14N2O. The molecule has 3 nitrogen and oxygen atoms in total. The SMILES string of the molecule is CC1Cc2ccccc2N1c1nc2ccccc2o1. The Labute approximate surface area is 111 Å². The van der Waals surface area contributed by atoms with Crippen molar-refractivity contribution < 1.29 is 4.42 Å². The molecule has 0 aliphatic carbocycles. The fourth-order valence-corrected chi connectivity index (χ4v) is 2.82. The molecule has 1 unspecified atom stereocenters. The molecule has 0 saturated carbocycles. The van der Waals surface area contributed by atoms with Crippen molar-refractivity contribution in [2.75, 3.05) is 4.90 Å². The summed E-state index contributed by atoms with van der Waals surface area (Å²) in [5, 5.41) is 0. The van der Waals surface area contributed by atoms with E-state index in [9.17, 15) is 0 Å². The first-order valence-electron chi connectivity index (χ1n) is 6.55. The maximum Gasteiger partial charge on any atom is 0.303 e. The smallest absolute Gasteiger partial charge is 0.303 e. The van der Waals surface area contributed by atoms with Gasteiger partial charge >= 0.3 is 6.01 Å². The summed E-state index contributed by atoms with van der Waals surface area (Å²) in [5.74, 6) is 0. The molecule has 0 spiro atoms. The van der Waals surface area contributed by atoms with Gasteiger partial charge in [-0.3, -0.25) is 4.90 Å². The van der Waals surface area contributed by atoms with Crippen LogP contribution in [0.4, 0.5) is 11.7 Å². The lowest BCUT2D eigenvalue weighted by Crippen LogP contribution is -2.24. The minimum atomic E-state index is 0.380. The summed E-state index contributed by atoms with van der Waals surface area (Å²) in [6, 6.07) is 17.4. The van der Waals surface area contributed by atoms with Crippen molar-refractivity contribution in [3.63, 3.8) is 0 Å². The first kappa shape index (κ1) is 10.6. The summed E-state index contributed by atoms with van der Waals surface area (Å²) in [7, 11) is 0. The molecule has 2 heterocycles. The molecule has 0 saturated heterocycles. The minimum absolute atomic E-state index is 0.380. The molecular weight excluding hydrogens is 236 g/mol. The van der Waals surface area contributed by atoms with Crippen molar-refractivity contribution in [1.82, 2.24) is 4.98 Å². The van der Waals surface area contributed by atoms with Gasteiger partial charge < -0.3 is 4.42 Å². The van der Waals surface area contributed by atoms with Gasteiger partial charge in [0.25, 0.3) is 0 Å². The number of anilines is 2. The largest absolute Gasteiger partial charge is 0.423 e. The van der Waals surface area contributed by atoms with Crippen LogP contribution >= 0.6 is 0 Å². The summed E-state index contributed by atoms with van der Waals surface area (Å²) >= 11 is 0. The number of rotatable bonds is 1. The van der Waals surface area contributed by atoms with E-state index in [-0.39, 0.29) is 0 Å². The lowest BCUT2D eigenvalue weighted by molar-refractivity contribution is 0.573. The molecule has 4 rings (SSSR count). The average molecular weight is 250 g/mol. The second-order valence-corrected chi connectivity index (χ2v) is 5.02. The van der Waals surface area contributed by atoms with Gasteiger partial charge in [0.1, 0.15) is 5.52 Å². The van der Waals surface area contributed by atoms with Crippen LogP contribution in [0.1, 0.15) is 12.5 Å². The van der Waals surface area contributed by atoms with Crippen molar-refractivity contribution in [2.45, 2.75) is 19.4 Å². The molecule has 2 aromatic carbocycles. The van der Waals surface area contributed by atoms with Crippen LogP contribution < -0.4 is 4.90 Å². The van der Waals surface area contributed by atoms with E-state index in [1.54, 1.807) is 0 Å². The van der Waals surface area contributed by atoms with Crippen LogP contribution in [0.5, 0.6) is 0 Å². The molecule has 0 fully saturated rings. The van der Waals surface area contributed by atoms with E-state index in [4.69, 9.17) is 4.42 Å². The summed E-state index contributed by atoms with van der Waals surface area (Å²) < 4.78 is 5.89. The standard InChI is InChI=1S/C16H14N2O/c1-11-10-12-6-2-4-8-14(12)18(11)16-17-13-7-3-5-9-15(13)19-16/h2-9,11H,10H2,1H3. The molecule has 3 aromatic rings. The Balaban J connectivity index is 1.87. The molecule has 0 amide bonds. The highest BCUT2D eigenvalue weighted by Gasteiger charge is 2.30. The zero-order chi connectivity index (χ0) is 12.8. The lowest BCUT2D eigenvalue weighted by Gasteiger charge is -2.19. The molecule has 0 bridgehead atoms. The van der Waals surface area contributed by atoms with Crippen molar-refractivity contribution in [3.8, 4) is 0 Å². The molecule has 1 aromatic heterocycles. The first-order chi connectivity index (χ1) is 9.33. The van der Waals surface area contributed by atoms with E-state index in [0.717, 1.165) is 17.5 Å². The number of aromatic nitrogens is 1. The molecule has 0 radical (unpaired) electrons. The number of para-hydroxylation sites is 3. The summed E-state index contributed by atoms with van der Waals surface area (Å²) in [6.07, 6.45) is 1.04. The zero-order valence-electron chi connectivity index (χ0n) is 10.7. The summed E-state index contributed by atoms with van der Waals surface area (Å²) in [6.45, 7) is 2.20. The maximum absolute atomic E-state index is 5.89. The van der Waals surface area contributed by atoms with E-state index in [0.29, 0.717) is 12.1 Å². The van der Waals surface area contributed by atoms with E-state index < -0.39 is 0 Å². The summed E-state index contributed by atoms with van der Waals surface area (Å²) in [5.41, 5.74) is 4.32.